The molecule has 0 spiro atoms. The van der Waals surface area contributed by atoms with Crippen molar-refractivity contribution in [2.24, 2.45) is 0 Å². The zero-order chi connectivity index (χ0) is 26.9. The number of carbonyl (C=O) groups excluding carboxylic acids is 2. The molecule has 0 aliphatic heterocycles. The maximum Gasteiger partial charge on any atom is 0.243 e. The highest BCUT2D eigenvalue weighted by Crippen LogP contribution is 2.23. The quantitative estimate of drug-likeness (QED) is 0.412. The standard InChI is InChI=1S/C26H36ClN3O5S/c1-6-24(26(32)28-19(2)3)29(18-20-9-11-21(27)12-10-20)25(31)8-7-17-30(36(5,33)34)22-13-15-23(35-4)16-14-22/h9-16,19,24H,6-8,17-18H2,1-5H3,(H,28,32)/t24-/m1/s1. The Bertz CT molecular complexity index is 1110. The van der Waals surface area contributed by atoms with Crippen LogP contribution in [-0.4, -0.2) is 57.1 Å². The third-order valence-corrected chi connectivity index (χ3v) is 7.04. The van der Waals surface area contributed by atoms with Crippen molar-refractivity contribution in [3.05, 3.63) is 59.1 Å². The number of hydrogen-bond donors (Lipinski definition) is 1. The fourth-order valence-electron chi connectivity index (χ4n) is 3.84. The lowest BCUT2D eigenvalue weighted by Gasteiger charge is -2.31. The largest absolute Gasteiger partial charge is 0.497 e. The van der Waals surface area contributed by atoms with Crippen LogP contribution in [-0.2, 0) is 26.2 Å². The molecular weight excluding hydrogens is 502 g/mol. The molecule has 8 nitrogen and oxygen atoms in total. The molecule has 198 valence electrons. The molecule has 0 aliphatic rings. The molecule has 0 saturated carbocycles. The van der Waals surface area contributed by atoms with E-state index in [1.54, 1.807) is 41.3 Å². The van der Waals surface area contributed by atoms with E-state index in [0.717, 1.165) is 11.8 Å². The van der Waals surface area contributed by atoms with Crippen LogP contribution >= 0.6 is 11.6 Å². The van der Waals surface area contributed by atoms with Gasteiger partial charge < -0.3 is 15.0 Å². The van der Waals surface area contributed by atoms with Crippen LogP contribution in [0.4, 0.5) is 5.69 Å². The maximum atomic E-state index is 13.4. The number of carbonyl (C=O) groups is 2. The number of anilines is 1. The SMILES string of the molecule is CC[C@H](C(=O)NC(C)C)N(Cc1ccc(Cl)cc1)C(=O)CCCN(c1ccc(OC)cc1)S(C)(=O)=O. The van der Waals surface area contributed by atoms with E-state index in [9.17, 15) is 18.0 Å². The van der Waals surface area contributed by atoms with E-state index in [-0.39, 0.29) is 43.8 Å². The molecule has 0 aliphatic carbocycles. The molecule has 2 amide bonds. The minimum absolute atomic E-state index is 0.0631. The summed E-state index contributed by atoms with van der Waals surface area (Å²) in [5.41, 5.74) is 1.34. The second-order valence-corrected chi connectivity index (χ2v) is 11.2. The van der Waals surface area contributed by atoms with Gasteiger partial charge in [-0.3, -0.25) is 13.9 Å². The van der Waals surface area contributed by atoms with Crippen LogP contribution in [0, 0.1) is 0 Å². The summed E-state index contributed by atoms with van der Waals surface area (Å²) in [6, 6.07) is 13.1. The summed E-state index contributed by atoms with van der Waals surface area (Å²) >= 11 is 6.01. The van der Waals surface area contributed by atoms with Crippen molar-refractivity contribution in [1.82, 2.24) is 10.2 Å². The lowest BCUT2D eigenvalue weighted by Crippen LogP contribution is -2.50. The summed E-state index contributed by atoms with van der Waals surface area (Å²) < 4.78 is 31.3. The van der Waals surface area contributed by atoms with Gasteiger partial charge in [0.25, 0.3) is 0 Å². The van der Waals surface area contributed by atoms with E-state index in [0.29, 0.717) is 22.9 Å². The first-order valence-corrected chi connectivity index (χ1v) is 14.1. The molecule has 10 heteroatoms. The average Bonchev–Trinajstić information content (AvgIpc) is 2.81. The van der Waals surface area contributed by atoms with Crippen molar-refractivity contribution in [2.75, 3.05) is 24.2 Å². The number of sulfonamides is 1. The Morgan fingerprint density at radius 1 is 1.06 bits per heavy atom. The molecule has 0 bridgehead atoms. The minimum atomic E-state index is -3.57. The number of nitrogens with one attached hydrogen (secondary N) is 1. The molecule has 0 radical (unpaired) electrons. The van der Waals surface area contributed by atoms with Gasteiger partial charge in [-0.05, 0) is 68.7 Å². The summed E-state index contributed by atoms with van der Waals surface area (Å²) in [5, 5.41) is 3.48. The van der Waals surface area contributed by atoms with Crippen LogP contribution in [0.5, 0.6) is 5.75 Å². The Morgan fingerprint density at radius 2 is 1.67 bits per heavy atom. The molecule has 36 heavy (non-hydrogen) atoms. The van der Waals surface area contributed by atoms with Crippen LogP contribution in [0.25, 0.3) is 0 Å². The summed E-state index contributed by atoms with van der Waals surface area (Å²) in [6.45, 7) is 5.97. The van der Waals surface area contributed by atoms with E-state index >= 15 is 0 Å². The first kappa shape index (κ1) is 29.5. The number of ether oxygens (including phenoxy) is 1. The summed E-state index contributed by atoms with van der Waals surface area (Å²) in [4.78, 5) is 27.9. The first-order chi connectivity index (χ1) is 17.0. The molecule has 1 N–H and O–H groups in total. The van der Waals surface area contributed by atoms with Gasteiger partial charge in [-0.15, -0.1) is 0 Å². The summed E-state index contributed by atoms with van der Waals surface area (Å²) in [7, 11) is -2.03. The van der Waals surface area contributed by atoms with Crippen molar-refractivity contribution in [1.29, 1.82) is 0 Å². The van der Waals surface area contributed by atoms with Gasteiger partial charge in [0.05, 0.1) is 19.1 Å². The smallest absolute Gasteiger partial charge is 0.243 e. The van der Waals surface area contributed by atoms with Gasteiger partial charge in [0.2, 0.25) is 21.8 Å². The molecule has 0 saturated heterocycles. The number of benzene rings is 2. The van der Waals surface area contributed by atoms with Gasteiger partial charge in [0.1, 0.15) is 11.8 Å². The van der Waals surface area contributed by atoms with Gasteiger partial charge in [0, 0.05) is 30.6 Å². The lowest BCUT2D eigenvalue weighted by atomic mass is 10.1. The topological polar surface area (TPSA) is 96.0 Å². The second kappa shape index (κ2) is 13.5. The highest BCUT2D eigenvalue weighted by Gasteiger charge is 2.29. The van der Waals surface area contributed by atoms with E-state index in [4.69, 9.17) is 16.3 Å². The summed E-state index contributed by atoms with van der Waals surface area (Å²) in [6.07, 6.45) is 1.95. The van der Waals surface area contributed by atoms with Crippen molar-refractivity contribution in [2.45, 2.75) is 58.7 Å². The zero-order valence-corrected chi connectivity index (χ0v) is 23.1. The Kier molecular flexibility index (Phi) is 11.0. The zero-order valence-electron chi connectivity index (χ0n) is 21.5. The molecule has 2 aromatic rings. The third-order valence-electron chi connectivity index (χ3n) is 5.60. The number of hydrogen-bond acceptors (Lipinski definition) is 5. The van der Waals surface area contributed by atoms with E-state index in [1.165, 1.54) is 11.4 Å². The molecule has 0 fully saturated rings. The average molecular weight is 538 g/mol. The van der Waals surface area contributed by atoms with Crippen LogP contribution in [0.15, 0.2) is 48.5 Å². The normalized spacial score (nSPS) is 12.2. The van der Waals surface area contributed by atoms with Crippen molar-refractivity contribution in [3.63, 3.8) is 0 Å². The Morgan fingerprint density at radius 3 is 2.17 bits per heavy atom. The lowest BCUT2D eigenvalue weighted by molar-refractivity contribution is -0.141. The molecule has 1 atom stereocenters. The molecule has 2 rings (SSSR count). The van der Waals surface area contributed by atoms with E-state index in [2.05, 4.69) is 5.32 Å². The predicted octanol–water partition coefficient (Wildman–Crippen LogP) is 4.23. The van der Waals surface area contributed by atoms with E-state index < -0.39 is 16.1 Å². The molecular formula is C26H36ClN3O5S. The maximum absolute atomic E-state index is 13.4. The molecule has 2 aromatic carbocycles. The number of methoxy groups -OCH3 is 1. The minimum Gasteiger partial charge on any atom is -0.497 e. The van der Waals surface area contributed by atoms with Gasteiger partial charge >= 0.3 is 0 Å². The van der Waals surface area contributed by atoms with Gasteiger partial charge in [-0.25, -0.2) is 8.42 Å². The summed E-state index contributed by atoms with van der Waals surface area (Å²) in [5.74, 6) is 0.176. The number of nitrogens with zero attached hydrogens (tertiary/aromatic N) is 2. The number of rotatable bonds is 13. The Balaban J connectivity index is 2.20. The van der Waals surface area contributed by atoms with Crippen molar-refractivity contribution >= 4 is 39.1 Å². The molecule has 0 heterocycles. The van der Waals surface area contributed by atoms with Crippen LogP contribution < -0.4 is 14.4 Å². The molecule has 0 aromatic heterocycles. The van der Waals surface area contributed by atoms with Crippen molar-refractivity contribution in [3.8, 4) is 5.75 Å². The highest BCUT2D eigenvalue weighted by molar-refractivity contribution is 7.92. The van der Waals surface area contributed by atoms with Crippen LogP contribution in [0.1, 0.15) is 45.6 Å². The fraction of sp³-hybridized carbons (Fsp3) is 0.462. The highest BCUT2D eigenvalue weighted by atomic mass is 35.5. The number of amides is 2. The van der Waals surface area contributed by atoms with Crippen molar-refractivity contribution < 1.29 is 22.7 Å². The van der Waals surface area contributed by atoms with Gasteiger partial charge in [0.15, 0.2) is 0 Å². The number of halogens is 1. The van der Waals surface area contributed by atoms with Gasteiger partial charge in [-0.2, -0.15) is 0 Å². The monoisotopic (exact) mass is 537 g/mol. The third kappa shape index (κ3) is 8.71. The van der Waals surface area contributed by atoms with Gasteiger partial charge in [-0.1, -0.05) is 30.7 Å². The predicted molar refractivity (Wildman–Crippen MR) is 144 cm³/mol. The molecule has 0 unspecified atom stereocenters. The van der Waals surface area contributed by atoms with E-state index in [1.807, 2.05) is 32.9 Å². The second-order valence-electron chi connectivity index (χ2n) is 8.87. The Labute approximate surface area is 219 Å². The van der Waals surface area contributed by atoms with Crippen LogP contribution in [0.3, 0.4) is 0 Å². The fourth-order valence-corrected chi connectivity index (χ4v) is 4.93. The Hall–Kier alpha value is -2.78. The van der Waals surface area contributed by atoms with Crippen LogP contribution in [0.2, 0.25) is 5.02 Å². The first-order valence-electron chi connectivity index (χ1n) is 11.9.